The van der Waals surface area contributed by atoms with E-state index in [1.807, 2.05) is 12.1 Å². The maximum Gasteiger partial charge on any atom is 0.118 e. The second-order valence-corrected chi connectivity index (χ2v) is 4.21. The van der Waals surface area contributed by atoms with Gasteiger partial charge in [-0.15, -0.1) is 0 Å². The Labute approximate surface area is 96.8 Å². The molecule has 1 atom stereocenters. The van der Waals surface area contributed by atoms with Crippen LogP contribution in [0.2, 0.25) is 0 Å². The average Bonchev–Trinajstić information content (AvgIpc) is 2.83. The van der Waals surface area contributed by atoms with Crippen LogP contribution in [0.5, 0.6) is 5.75 Å². The molecule has 0 amide bonds. The summed E-state index contributed by atoms with van der Waals surface area (Å²) in [6, 6.07) is 8.18. The van der Waals surface area contributed by atoms with Crippen molar-refractivity contribution in [2.45, 2.75) is 13.0 Å². The third-order valence-electron chi connectivity index (χ3n) is 2.95. The number of rotatable bonds is 5. The third kappa shape index (κ3) is 3.22. The van der Waals surface area contributed by atoms with Crippen LogP contribution in [0.4, 0.5) is 0 Å². The first-order valence-corrected chi connectivity index (χ1v) is 5.80. The second-order valence-electron chi connectivity index (χ2n) is 4.21. The van der Waals surface area contributed by atoms with Gasteiger partial charge in [0.05, 0.1) is 13.7 Å². The first kappa shape index (κ1) is 11.4. The van der Waals surface area contributed by atoms with Crippen LogP contribution in [-0.4, -0.2) is 26.9 Å². The molecule has 0 bridgehead atoms. The lowest BCUT2D eigenvalue weighted by Crippen LogP contribution is -2.22. The Balaban J connectivity index is 1.71. The molecule has 16 heavy (non-hydrogen) atoms. The normalized spacial score (nSPS) is 19.9. The van der Waals surface area contributed by atoms with E-state index in [4.69, 9.17) is 9.47 Å². The van der Waals surface area contributed by atoms with Gasteiger partial charge in [0.25, 0.3) is 0 Å². The topological polar surface area (TPSA) is 30.5 Å². The molecule has 1 fully saturated rings. The summed E-state index contributed by atoms with van der Waals surface area (Å²) in [7, 11) is 1.69. The van der Waals surface area contributed by atoms with Crippen molar-refractivity contribution in [1.29, 1.82) is 0 Å². The van der Waals surface area contributed by atoms with Gasteiger partial charge < -0.3 is 14.8 Å². The molecule has 1 N–H and O–H groups in total. The fourth-order valence-corrected chi connectivity index (χ4v) is 1.91. The Hall–Kier alpha value is -1.06. The smallest absolute Gasteiger partial charge is 0.118 e. The summed E-state index contributed by atoms with van der Waals surface area (Å²) in [5.41, 5.74) is 1.29. The fourth-order valence-electron chi connectivity index (χ4n) is 1.91. The standard InChI is InChI=1S/C13H19NO2/c1-15-13-4-2-11(3-5-13)8-14-9-12-6-7-16-10-12/h2-5,12,14H,6-10H2,1H3. The minimum Gasteiger partial charge on any atom is -0.497 e. The van der Waals surface area contributed by atoms with E-state index in [1.54, 1.807) is 7.11 Å². The van der Waals surface area contributed by atoms with Crippen molar-refractivity contribution in [1.82, 2.24) is 5.32 Å². The molecule has 0 spiro atoms. The summed E-state index contributed by atoms with van der Waals surface area (Å²) in [6.07, 6.45) is 1.19. The molecular formula is C13H19NO2. The Kier molecular flexibility index (Phi) is 4.19. The van der Waals surface area contributed by atoms with Gasteiger partial charge in [-0.25, -0.2) is 0 Å². The van der Waals surface area contributed by atoms with Crippen molar-refractivity contribution in [2.75, 3.05) is 26.9 Å². The van der Waals surface area contributed by atoms with Gasteiger partial charge in [-0.05, 0) is 30.0 Å². The molecule has 1 unspecified atom stereocenters. The van der Waals surface area contributed by atoms with E-state index in [0.29, 0.717) is 5.92 Å². The van der Waals surface area contributed by atoms with Gasteiger partial charge in [0.15, 0.2) is 0 Å². The zero-order valence-electron chi connectivity index (χ0n) is 9.74. The lowest BCUT2D eigenvalue weighted by molar-refractivity contribution is 0.185. The Bertz CT molecular complexity index is 304. The first-order valence-electron chi connectivity index (χ1n) is 5.80. The number of methoxy groups -OCH3 is 1. The minimum absolute atomic E-state index is 0.693. The quantitative estimate of drug-likeness (QED) is 0.822. The molecule has 0 saturated carbocycles. The van der Waals surface area contributed by atoms with Crippen molar-refractivity contribution in [3.05, 3.63) is 29.8 Å². The van der Waals surface area contributed by atoms with Gasteiger partial charge in [0, 0.05) is 19.7 Å². The molecule has 1 aromatic carbocycles. The molecule has 88 valence electrons. The predicted octanol–water partition coefficient (Wildman–Crippen LogP) is 1.82. The highest BCUT2D eigenvalue weighted by Gasteiger charge is 2.14. The summed E-state index contributed by atoms with van der Waals surface area (Å²) in [5.74, 6) is 1.60. The molecule has 1 aliphatic rings. The monoisotopic (exact) mass is 221 g/mol. The molecule has 1 aromatic rings. The second kappa shape index (κ2) is 5.87. The van der Waals surface area contributed by atoms with Gasteiger partial charge >= 0.3 is 0 Å². The molecular weight excluding hydrogens is 202 g/mol. The maximum absolute atomic E-state index is 5.33. The maximum atomic E-state index is 5.33. The van der Waals surface area contributed by atoms with Crippen molar-refractivity contribution >= 4 is 0 Å². The number of hydrogen-bond donors (Lipinski definition) is 1. The van der Waals surface area contributed by atoms with E-state index >= 15 is 0 Å². The molecule has 2 rings (SSSR count). The van der Waals surface area contributed by atoms with Crippen molar-refractivity contribution in [3.63, 3.8) is 0 Å². The van der Waals surface area contributed by atoms with E-state index in [0.717, 1.165) is 32.1 Å². The highest BCUT2D eigenvalue weighted by molar-refractivity contribution is 5.26. The van der Waals surface area contributed by atoms with Crippen LogP contribution in [0.15, 0.2) is 24.3 Å². The van der Waals surface area contributed by atoms with Crippen molar-refractivity contribution < 1.29 is 9.47 Å². The van der Waals surface area contributed by atoms with Gasteiger partial charge in [-0.3, -0.25) is 0 Å². The Morgan fingerprint density at radius 2 is 2.19 bits per heavy atom. The van der Waals surface area contributed by atoms with E-state index < -0.39 is 0 Å². The summed E-state index contributed by atoms with van der Waals surface area (Å²) >= 11 is 0. The van der Waals surface area contributed by atoms with Crippen LogP contribution >= 0.6 is 0 Å². The van der Waals surface area contributed by atoms with E-state index in [-0.39, 0.29) is 0 Å². The van der Waals surface area contributed by atoms with Crippen LogP contribution in [0, 0.1) is 5.92 Å². The zero-order valence-corrected chi connectivity index (χ0v) is 9.74. The van der Waals surface area contributed by atoms with Crippen molar-refractivity contribution in [3.8, 4) is 5.75 Å². The summed E-state index contributed by atoms with van der Waals surface area (Å²) in [4.78, 5) is 0. The lowest BCUT2D eigenvalue weighted by Gasteiger charge is -2.09. The number of benzene rings is 1. The predicted molar refractivity (Wildman–Crippen MR) is 63.6 cm³/mol. The molecule has 1 saturated heterocycles. The van der Waals surface area contributed by atoms with E-state index in [9.17, 15) is 0 Å². The fraction of sp³-hybridized carbons (Fsp3) is 0.538. The molecule has 1 heterocycles. The largest absolute Gasteiger partial charge is 0.497 e. The Morgan fingerprint density at radius 1 is 1.38 bits per heavy atom. The summed E-state index contributed by atoms with van der Waals surface area (Å²) < 4.78 is 10.5. The number of nitrogens with one attached hydrogen (secondary N) is 1. The summed E-state index contributed by atoms with van der Waals surface area (Å²) in [5, 5.41) is 3.46. The zero-order chi connectivity index (χ0) is 11.2. The van der Waals surface area contributed by atoms with E-state index in [2.05, 4.69) is 17.4 Å². The van der Waals surface area contributed by atoms with Crippen molar-refractivity contribution in [2.24, 2.45) is 5.92 Å². The number of hydrogen-bond acceptors (Lipinski definition) is 3. The SMILES string of the molecule is COc1ccc(CNCC2CCOC2)cc1. The molecule has 0 aliphatic carbocycles. The minimum atomic E-state index is 0.693. The molecule has 3 heteroatoms. The van der Waals surface area contributed by atoms with E-state index in [1.165, 1.54) is 12.0 Å². The van der Waals surface area contributed by atoms with Crippen LogP contribution in [-0.2, 0) is 11.3 Å². The van der Waals surface area contributed by atoms with Gasteiger partial charge in [0.1, 0.15) is 5.75 Å². The molecule has 0 radical (unpaired) electrons. The van der Waals surface area contributed by atoms with Gasteiger partial charge in [-0.2, -0.15) is 0 Å². The Morgan fingerprint density at radius 3 is 2.81 bits per heavy atom. The highest BCUT2D eigenvalue weighted by Crippen LogP contribution is 2.12. The molecule has 3 nitrogen and oxygen atoms in total. The van der Waals surface area contributed by atoms with Crippen LogP contribution in [0.1, 0.15) is 12.0 Å². The molecule has 0 aromatic heterocycles. The lowest BCUT2D eigenvalue weighted by atomic mass is 10.1. The van der Waals surface area contributed by atoms with Gasteiger partial charge in [-0.1, -0.05) is 12.1 Å². The highest BCUT2D eigenvalue weighted by atomic mass is 16.5. The van der Waals surface area contributed by atoms with Crippen LogP contribution < -0.4 is 10.1 Å². The van der Waals surface area contributed by atoms with Crippen LogP contribution in [0.3, 0.4) is 0 Å². The van der Waals surface area contributed by atoms with Gasteiger partial charge in [0.2, 0.25) is 0 Å². The summed E-state index contributed by atoms with van der Waals surface area (Å²) in [6.45, 7) is 3.80. The van der Waals surface area contributed by atoms with Crippen LogP contribution in [0.25, 0.3) is 0 Å². The number of ether oxygens (including phenoxy) is 2. The third-order valence-corrected chi connectivity index (χ3v) is 2.95. The molecule has 1 aliphatic heterocycles. The first-order chi connectivity index (χ1) is 7.88. The average molecular weight is 221 g/mol.